The fourth-order valence-corrected chi connectivity index (χ4v) is 2.03. The molecule has 0 aliphatic heterocycles. The van der Waals surface area contributed by atoms with Gasteiger partial charge in [-0.05, 0) is 19.1 Å². The van der Waals surface area contributed by atoms with E-state index >= 15 is 0 Å². The third-order valence-corrected chi connectivity index (χ3v) is 2.82. The standard InChI is InChI=1S/C12H13N5/c1-9-13-11-5-3-4-6-12(11)17(9)8-10-7-16(2)15-14-10/h3-7H,8H2,1-2H3. The predicted molar refractivity (Wildman–Crippen MR) is 64.6 cm³/mol. The molecule has 0 fully saturated rings. The monoisotopic (exact) mass is 227 g/mol. The number of rotatable bonds is 2. The van der Waals surface area contributed by atoms with Gasteiger partial charge in [0.1, 0.15) is 11.5 Å². The molecule has 0 radical (unpaired) electrons. The summed E-state index contributed by atoms with van der Waals surface area (Å²) in [7, 11) is 1.87. The summed E-state index contributed by atoms with van der Waals surface area (Å²) in [6.07, 6.45) is 1.92. The van der Waals surface area contributed by atoms with E-state index in [0.717, 1.165) is 22.6 Å². The van der Waals surface area contributed by atoms with Gasteiger partial charge in [-0.1, -0.05) is 17.3 Å². The van der Waals surface area contributed by atoms with Crippen molar-refractivity contribution in [3.8, 4) is 0 Å². The van der Waals surface area contributed by atoms with Crippen molar-refractivity contribution in [3.05, 3.63) is 42.0 Å². The van der Waals surface area contributed by atoms with Crippen LogP contribution in [0, 0.1) is 6.92 Å². The number of imidazole rings is 1. The topological polar surface area (TPSA) is 48.5 Å². The third-order valence-electron chi connectivity index (χ3n) is 2.82. The molecule has 0 amide bonds. The number of benzene rings is 1. The number of hydrogen-bond acceptors (Lipinski definition) is 3. The Hall–Kier alpha value is -2.17. The van der Waals surface area contributed by atoms with E-state index in [1.807, 2.05) is 38.4 Å². The van der Waals surface area contributed by atoms with E-state index < -0.39 is 0 Å². The number of nitrogens with zero attached hydrogens (tertiary/aromatic N) is 5. The normalized spacial score (nSPS) is 11.2. The summed E-state index contributed by atoms with van der Waals surface area (Å²) in [6, 6.07) is 8.12. The smallest absolute Gasteiger partial charge is 0.107 e. The van der Waals surface area contributed by atoms with Crippen LogP contribution >= 0.6 is 0 Å². The molecule has 0 bridgehead atoms. The van der Waals surface area contributed by atoms with Crippen LogP contribution in [0.3, 0.4) is 0 Å². The first-order valence-corrected chi connectivity index (χ1v) is 5.51. The first-order valence-electron chi connectivity index (χ1n) is 5.51. The largest absolute Gasteiger partial charge is 0.322 e. The molecule has 5 nitrogen and oxygen atoms in total. The maximum atomic E-state index is 4.52. The third kappa shape index (κ3) is 1.69. The van der Waals surface area contributed by atoms with Crippen LogP contribution in [0.1, 0.15) is 11.5 Å². The molecule has 17 heavy (non-hydrogen) atoms. The molecule has 2 aromatic heterocycles. The summed E-state index contributed by atoms with van der Waals surface area (Å²) in [6.45, 7) is 2.72. The molecule has 3 rings (SSSR count). The summed E-state index contributed by atoms with van der Waals surface area (Å²) in [5.41, 5.74) is 3.10. The van der Waals surface area contributed by atoms with Gasteiger partial charge in [-0.2, -0.15) is 0 Å². The zero-order valence-electron chi connectivity index (χ0n) is 9.83. The van der Waals surface area contributed by atoms with Gasteiger partial charge in [-0.3, -0.25) is 4.68 Å². The van der Waals surface area contributed by atoms with Crippen molar-refractivity contribution in [1.29, 1.82) is 0 Å². The zero-order chi connectivity index (χ0) is 11.8. The second-order valence-electron chi connectivity index (χ2n) is 4.12. The number of fused-ring (bicyclic) bond motifs is 1. The van der Waals surface area contributed by atoms with E-state index in [1.165, 1.54) is 0 Å². The highest BCUT2D eigenvalue weighted by molar-refractivity contribution is 5.75. The Morgan fingerprint density at radius 3 is 2.82 bits per heavy atom. The molecule has 0 spiro atoms. The Kier molecular flexibility index (Phi) is 2.18. The van der Waals surface area contributed by atoms with Gasteiger partial charge in [0.15, 0.2) is 0 Å². The second kappa shape index (κ2) is 3.69. The van der Waals surface area contributed by atoms with Gasteiger partial charge in [0.25, 0.3) is 0 Å². The van der Waals surface area contributed by atoms with E-state index in [0.29, 0.717) is 6.54 Å². The Bertz CT molecular complexity index is 664. The number of hydrogen-bond donors (Lipinski definition) is 0. The second-order valence-corrected chi connectivity index (χ2v) is 4.12. The molecular weight excluding hydrogens is 214 g/mol. The summed E-state index contributed by atoms with van der Waals surface area (Å²) < 4.78 is 3.86. The van der Waals surface area contributed by atoms with Crippen molar-refractivity contribution in [1.82, 2.24) is 24.5 Å². The summed E-state index contributed by atoms with van der Waals surface area (Å²) in [5.74, 6) is 0.997. The molecule has 0 N–H and O–H groups in total. The zero-order valence-corrected chi connectivity index (χ0v) is 9.83. The van der Waals surface area contributed by atoms with Crippen LogP contribution in [0.4, 0.5) is 0 Å². The Morgan fingerprint density at radius 2 is 2.06 bits per heavy atom. The highest BCUT2D eigenvalue weighted by Crippen LogP contribution is 2.16. The molecule has 86 valence electrons. The fourth-order valence-electron chi connectivity index (χ4n) is 2.03. The van der Waals surface area contributed by atoms with Gasteiger partial charge in [0.2, 0.25) is 0 Å². The summed E-state index contributed by atoms with van der Waals surface area (Å²) in [4.78, 5) is 4.52. The molecule has 0 saturated carbocycles. The SMILES string of the molecule is Cc1nc2ccccc2n1Cc1cn(C)nn1. The van der Waals surface area contributed by atoms with E-state index in [-0.39, 0.29) is 0 Å². The molecule has 0 atom stereocenters. The molecular formula is C12H13N5. The maximum absolute atomic E-state index is 4.52. The van der Waals surface area contributed by atoms with Gasteiger partial charge < -0.3 is 4.57 Å². The molecule has 3 aromatic rings. The van der Waals surface area contributed by atoms with Gasteiger partial charge in [-0.25, -0.2) is 4.98 Å². The summed E-state index contributed by atoms with van der Waals surface area (Å²) >= 11 is 0. The Morgan fingerprint density at radius 1 is 1.24 bits per heavy atom. The van der Waals surface area contributed by atoms with Crippen molar-refractivity contribution in [3.63, 3.8) is 0 Å². The van der Waals surface area contributed by atoms with Crippen molar-refractivity contribution >= 4 is 11.0 Å². The summed E-state index contributed by atoms with van der Waals surface area (Å²) in [5, 5.41) is 8.04. The molecule has 1 aromatic carbocycles. The van der Waals surface area contributed by atoms with Crippen LogP contribution in [0.15, 0.2) is 30.5 Å². The lowest BCUT2D eigenvalue weighted by Crippen LogP contribution is -2.02. The van der Waals surface area contributed by atoms with Crippen LogP contribution in [0.2, 0.25) is 0 Å². The van der Waals surface area contributed by atoms with Crippen molar-refractivity contribution in [2.45, 2.75) is 13.5 Å². The first-order chi connectivity index (χ1) is 8.24. The molecule has 2 heterocycles. The van der Waals surface area contributed by atoms with Gasteiger partial charge in [0, 0.05) is 13.2 Å². The quantitative estimate of drug-likeness (QED) is 0.667. The van der Waals surface area contributed by atoms with E-state index in [2.05, 4.69) is 25.9 Å². The van der Waals surface area contributed by atoms with Crippen molar-refractivity contribution in [2.75, 3.05) is 0 Å². The fraction of sp³-hybridized carbons (Fsp3) is 0.250. The minimum absolute atomic E-state index is 0.709. The van der Waals surface area contributed by atoms with Gasteiger partial charge >= 0.3 is 0 Å². The molecule has 0 saturated heterocycles. The van der Waals surface area contributed by atoms with Crippen LogP contribution in [0.25, 0.3) is 11.0 Å². The molecule has 0 aliphatic carbocycles. The minimum atomic E-state index is 0.709. The van der Waals surface area contributed by atoms with Crippen LogP contribution in [0.5, 0.6) is 0 Å². The van der Waals surface area contributed by atoms with Gasteiger partial charge in [0.05, 0.1) is 17.6 Å². The highest BCUT2D eigenvalue weighted by Gasteiger charge is 2.08. The van der Waals surface area contributed by atoms with Crippen LogP contribution < -0.4 is 0 Å². The lowest BCUT2D eigenvalue weighted by molar-refractivity contribution is 0.709. The minimum Gasteiger partial charge on any atom is -0.322 e. The Balaban J connectivity index is 2.08. The van der Waals surface area contributed by atoms with Crippen molar-refractivity contribution in [2.24, 2.45) is 7.05 Å². The lowest BCUT2D eigenvalue weighted by atomic mass is 10.3. The van der Waals surface area contributed by atoms with Crippen LogP contribution in [-0.2, 0) is 13.6 Å². The molecule has 0 aliphatic rings. The molecule has 0 unspecified atom stereocenters. The van der Waals surface area contributed by atoms with E-state index in [1.54, 1.807) is 4.68 Å². The first kappa shape index (κ1) is 10.0. The highest BCUT2D eigenvalue weighted by atomic mass is 15.4. The van der Waals surface area contributed by atoms with E-state index in [9.17, 15) is 0 Å². The predicted octanol–water partition coefficient (Wildman–Crippen LogP) is 1.52. The Labute approximate surface area is 98.7 Å². The number of aryl methyl sites for hydroxylation is 2. The molecule has 5 heteroatoms. The maximum Gasteiger partial charge on any atom is 0.107 e. The average Bonchev–Trinajstić information content (AvgIpc) is 2.85. The average molecular weight is 227 g/mol. The number of para-hydroxylation sites is 2. The number of aromatic nitrogens is 5. The van der Waals surface area contributed by atoms with Crippen molar-refractivity contribution < 1.29 is 0 Å². The van der Waals surface area contributed by atoms with Crippen LogP contribution in [-0.4, -0.2) is 24.5 Å². The lowest BCUT2D eigenvalue weighted by Gasteiger charge is -2.03. The van der Waals surface area contributed by atoms with E-state index in [4.69, 9.17) is 0 Å². The van der Waals surface area contributed by atoms with Gasteiger partial charge in [-0.15, -0.1) is 5.10 Å².